The fourth-order valence-corrected chi connectivity index (χ4v) is 3.87. The number of ether oxygens (including phenoxy) is 1. The molecule has 0 saturated carbocycles. The Morgan fingerprint density at radius 1 is 1.17 bits per heavy atom. The van der Waals surface area contributed by atoms with E-state index in [1.54, 1.807) is 13.3 Å². The first-order valence-corrected chi connectivity index (χ1v) is 10.1. The van der Waals surface area contributed by atoms with Gasteiger partial charge in [-0.2, -0.15) is 0 Å². The number of piperidine rings is 1. The molecule has 152 valence electrons. The van der Waals surface area contributed by atoms with Crippen LogP contribution in [0, 0.1) is 5.92 Å². The van der Waals surface area contributed by atoms with E-state index in [2.05, 4.69) is 25.8 Å². The van der Waals surface area contributed by atoms with Crippen LogP contribution in [0.2, 0.25) is 0 Å². The molecule has 1 saturated heterocycles. The van der Waals surface area contributed by atoms with Gasteiger partial charge < -0.3 is 19.5 Å². The monoisotopic (exact) mass is 393 g/mol. The van der Waals surface area contributed by atoms with Crippen LogP contribution >= 0.6 is 0 Å². The average Bonchev–Trinajstić information content (AvgIpc) is 3.15. The number of para-hydroxylation sites is 2. The van der Waals surface area contributed by atoms with Crippen LogP contribution < -0.4 is 10.2 Å². The minimum absolute atomic E-state index is 0.0340. The maximum Gasteiger partial charge on any atom is 0.223 e. The number of aromatic nitrogens is 3. The van der Waals surface area contributed by atoms with Crippen molar-refractivity contribution in [2.45, 2.75) is 25.9 Å². The lowest BCUT2D eigenvalue weighted by molar-refractivity contribution is -0.125. The number of methoxy groups -OCH3 is 1. The summed E-state index contributed by atoms with van der Waals surface area (Å²) in [7, 11) is 1.72. The zero-order valence-electron chi connectivity index (χ0n) is 16.8. The molecule has 0 aliphatic carbocycles. The number of hydrogen-bond acceptors (Lipinski definition) is 5. The van der Waals surface area contributed by atoms with Crippen molar-refractivity contribution in [2.75, 3.05) is 31.7 Å². The lowest BCUT2D eigenvalue weighted by Crippen LogP contribution is -2.41. The average molecular weight is 393 g/mol. The van der Waals surface area contributed by atoms with Crippen molar-refractivity contribution < 1.29 is 9.53 Å². The van der Waals surface area contributed by atoms with Gasteiger partial charge in [-0.25, -0.2) is 4.98 Å². The van der Waals surface area contributed by atoms with Gasteiger partial charge in [0.15, 0.2) is 0 Å². The topological polar surface area (TPSA) is 72.3 Å². The highest BCUT2D eigenvalue weighted by Crippen LogP contribution is 2.27. The predicted octanol–water partition coefficient (Wildman–Crippen LogP) is 2.61. The van der Waals surface area contributed by atoms with Gasteiger partial charge in [0.05, 0.1) is 29.9 Å². The number of carbonyl (C=O) groups is 1. The molecule has 29 heavy (non-hydrogen) atoms. The first-order chi connectivity index (χ1) is 14.3. The number of hydrogen-bond donors (Lipinski definition) is 1. The number of amides is 1. The molecule has 1 amide bonds. The van der Waals surface area contributed by atoms with Gasteiger partial charge in [0.2, 0.25) is 11.9 Å². The number of benzene rings is 1. The first kappa shape index (κ1) is 19.4. The zero-order chi connectivity index (χ0) is 20.1. The van der Waals surface area contributed by atoms with E-state index >= 15 is 0 Å². The largest absolute Gasteiger partial charge is 0.383 e. The molecule has 3 heterocycles. The third-order valence-electron chi connectivity index (χ3n) is 5.47. The number of imidazole rings is 1. The minimum atomic E-state index is 0.0340. The normalized spacial score (nSPS) is 15.0. The molecular formula is C22H27N5O2. The molecule has 7 heteroatoms. The molecule has 0 spiro atoms. The Morgan fingerprint density at radius 2 is 1.97 bits per heavy atom. The summed E-state index contributed by atoms with van der Waals surface area (Å²) in [5.74, 6) is 1.12. The standard InChI is InChI=1S/C22H27N5O2/c1-29-15-14-27-20-8-3-2-7-19(20)25-22(27)26-12-9-17(10-13-26)21(28)24-16-18-6-4-5-11-23-18/h2-8,11,17H,9-10,12-16H2,1H3,(H,24,28). The SMILES string of the molecule is COCCn1c(N2CCC(C(=O)NCc3ccccn3)CC2)nc2ccccc21. The summed E-state index contributed by atoms with van der Waals surface area (Å²) < 4.78 is 7.52. The van der Waals surface area contributed by atoms with Crippen molar-refractivity contribution >= 4 is 22.9 Å². The van der Waals surface area contributed by atoms with Gasteiger partial charge in [0, 0.05) is 38.9 Å². The maximum absolute atomic E-state index is 12.6. The molecule has 0 bridgehead atoms. The molecule has 0 atom stereocenters. The molecule has 4 rings (SSSR count). The fraction of sp³-hybridized carbons (Fsp3) is 0.409. The molecule has 1 aliphatic rings. The fourth-order valence-electron chi connectivity index (χ4n) is 3.87. The third kappa shape index (κ3) is 4.40. The number of nitrogens with zero attached hydrogens (tertiary/aromatic N) is 4. The zero-order valence-corrected chi connectivity index (χ0v) is 16.8. The first-order valence-electron chi connectivity index (χ1n) is 10.1. The highest BCUT2D eigenvalue weighted by molar-refractivity contribution is 5.80. The number of anilines is 1. The van der Waals surface area contributed by atoms with Crippen LogP contribution in [0.25, 0.3) is 11.0 Å². The molecule has 7 nitrogen and oxygen atoms in total. The van der Waals surface area contributed by atoms with Crippen molar-refractivity contribution in [1.82, 2.24) is 19.9 Å². The second-order valence-corrected chi connectivity index (χ2v) is 7.35. The van der Waals surface area contributed by atoms with E-state index in [0.29, 0.717) is 13.2 Å². The van der Waals surface area contributed by atoms with E-state index in [4.69, 9.17) is 9.72 Å². The van der Waals surface area contributed by atoms with Crippen molar-refractivity contribution in [3.05, 3.63) is 54.4 Å². The highest BCUT2D eigenvalue weighted by atomic mass is 16.5. The lowest BCUT2D eigenvalue weighted by atomic mass is 9.96. The molecule has 1 aliphatic heterocycles. The molecular weight excluding hydrogens is 366 g/mol. The number of carbonyl (C=O) groups excluding carboxylic acids is 1. The summed E-state index contributed by atoms with van der Waals surface area (Å²) in [6.07, 6.45) is 3.39. The number of pyridine rings is 1. The van der Waals surface area contributed by atoms with Gasteiger partial charge in [0.1, 0.15) is 0 Å². The summed E-state index contributed by atoms with van der Waals surface area (Å²) in [4.78, 5) is 24.0. The van der Waals surface area contributed by atoms with E-state index in [1.807, 2.05) is 36.4 Å². The number of nitrogens with one attached hydrogen (secondary N) is 1. The van der Waals surface area contributed by atoms with Crippen LogP contribution in [0.3, 0.4) is 0 Å². The van der Waals surface area contributed by atoms with Crippen LogP contribution in [-0.4, -0.2) is 47.2 Å². The summed E-state index contributed by atoms with van der Waals surface area (Å²) in [5, 5.41) is 3.03. The molecule has 1 fully saturated rings. The van der Waals surface area contributed by atoms with Gasteiger partial charge in [-0.15, -0.1) is 0 Å². The van der Waals surface area contributed by atoms with E-state index in [-0.39, 0.29) is 11.8 Å². The molecule has 0 unspecified atom stereocenters. The van der Waals surface area contributed by atoms with Gasteiger partial charge in [-0.3, -0.25) is 9.78 Å². The second-order valence-electron chi connectivity index (χ2n) is 7.35. The third-order valence-corrected chi connectivity index (χ3v) is 5.47. The van der Waals surface area contributed by atoms with Crippen LogP contribution in [-0.2, 0) is 22.6 Å². The van der Waals surface area contributed by atoms with Crippen molar-refractivity contribution in [3.8, 4) is 0 Å². The number of fused-ring (bicyclic) bond motifs is 1. The summed E-state index contributed by atoms with van der Waals surface area (Å²) in [5.41, 5.74) is 2.99. The van der Waals surface area contributed by atoms with Gasteiger partial charge in [0.25, 0.3) is 0 Å². The Kier molecular flexibility index (Phi) is 6.05. The Bertz CT molecular complexity index is 948. The maximum atomic E-state index is 12.6. The van der Waals surface area contributed by atoms with Gasteiger partial charge in [-0.1, -0.05) is 18.2 Å². The smallest absolute Gasteiger partial charge is 0.223 e. The molecule has 1 N–H and O–H groups in total. The van der Waals surface area contributed by atoms with Crippen molar-refractivity contribution in [1.29, 1.82) is 0 Å². The van der Waals surface area contributed by atoms with Crippen molar-refractivity contribution in [2.24, 2.45) is 5.92 Å². The Morgan fingerprint density at radius 3 is 2.72 bits per heavy atom. The van der Waals surface area contributed by atoms with Crippen LogP contribution in [0.4, 0.5) is 5.95 Å². The minimum Gasteiger partial charge on any atom is -0.383 e. The van der Waals surface area contributed by atoms with Crippen LogP contribution in [0.5, 0.6) is 0 Å². The van der Waals surface area contributed by atoms with Gasteiger partial charge in [-0.05, 0) is 37.1 Å². The van der Waals surface area contributed by atoms with E-state index in [9.17, 15) is 4.79 Å². The van der Waals surface area contributed by atoms with Crippen LogP contribution in [0.15, 0.2) is 48.7 Å². The molecule has 3 aromatic rings. The lowest BCUT2D eigenvalue weighted by Gasteiger charge is -2.32. The van der Waals surface area contributed by atoms with E-state index in [1.165, 1.54) is 0 Å². The van der Waals surface area contributed by atoms with E-state index < -0.39 is 0 Å². The summed E-state index contributed by atoms with van der Waals surface area (Å²) >= 11 is 0. The Labute approximate surface area is 170 Å². The van der Waals surface area contributed by atoms with E-state index in [0.717, 1.165) is 55.2 Å². The molecule has 2 aromatic heterocycles. The van der Waals surface area contributed by atoms with Crippen molar-refractivity contribution in [3.63, 3.8) is 0 Å². The molecule has 0 radical (unpaired) electrons. The predicted molar refractivity (Wildman–Crippen MR) is 113 cm³/mol. The van der Waals surface area contributed by atoms with Crippen LogP contribution in [0.1, 0.15) is 18.5 Å². The Balaban J connectivity index is 1.39. The van der Waals surface area contributed by atoms with Gasteiger partial charge >= 0.3 is 0 Å². The second kappa shape index (κ2) is 9.05. The summed E-state index contributed by atoms with van der Waals surface area (Å²) in [6, 6.07) is 13.9. The summed E-state index contributed by atoms with van der Waals surface area (Å²) in [6.45, 7) is 3.51. The quantitative estimate of drug-likeness (QED) is 0.668. The molecule has 1 aromatic carbocycles. The number of rotatable bonds is 7. The Hall–Kier alpha value is -2.93. The highest BCUT2D eigenvalue weighted by Gasteiger charge is 2.27.